The Morgan fingerprint density at radius 1 is 1.50 bits per heavy atom. The van der Waals surface area contributed by atoms with E-state index >= 15 is 0 Å². The second kappa shape index (κ2) is 4.26. The van der Waals surface area contributed by atoms with E-state index in [1.54, 1.807) is 24.3 Å². The van der Waals surface area contributed by atoms with E-state index in [0.717, 1.165) is 14.9 Å². The number of rotatable bonds is 3. The maximum atomic E-state index is 12.3. The van der Waals surface area contributed by atoms with Gasteiger partial charge in [0.25, 0.3) is 5.56 Å². The van der Waals surface area contributed by atoms with E-state index in [0.29, 0.717) is 17.6 Å². The molecule has 0 aliphatic carbocycles. The van der Waals surface area contributed by atoms with Gasteiger partial charge in [0.2, 0.25) is 0 Å². The summed E-state index contributed by atoms with van der Waals surface area (Å²) in [4.78, 5) is 23.8. The first kappa shape index (κ1) is 13.0. The number of nitrogens with zero attached hydrogens (tertiary/aromatic N) is 3. The lowest BCUT2D eigenvalue weighted by molar-refractivity contribution is -0.108. The molecule has 104 valence electrons. The molecule has 0 bridgehead atoms. The molecule has 3 rings (SSSR count). The Morgan fingerprint density at radius 2 is 2.25 bits per heavy atom. The smallest absolute Gasteiger partial charge is 0.291 e. The minimum atomic E-state index is -1.23. The van der Waals surface area contributed by atoms with E-state index in [1.807, 2.05) is 11.4 Å². The molecule has 0 aliphatic heterocycles. The molecular weight excluding hydrogens is 278 g/mol. The third-order valence-electron chi connectivity index (χ3n) is 3.09. The number of aliphatic hydroxyl groups is 1. The maximum absolute atomic E-state index is 12.3. The summed E-state index contributed by atoms with van der Waals surface area (Å²) in [5.41, 5.74) is -1.15. The van der Waals surface area contributed by atoms with Crippen LogP contribution in [0.3, 0.4) is 0 Å². The number of fused-ring (bicyclic) bond motifs is 3. The Morgan fingerprint density at radius 3 is 2.90 bits per heavy atom. The molecule has 0 saturated heterocycles. The highest BCUT2D eigenvalue weighted by Crippen LogP contribution is 2.28. The van der Waals surface area contributed by atoms with Gasteiger partial charge in [-0.2, -0.15) is 5.10 Å². The van der Waals surface area contributed by atoms with Crippen LogP contribution in [0.4, 0.5) is 0 Å². The number of aldehydes is 1. The van der Waals surface area contributed by atoms with Crippen molar-refractivity contribution in [3.05, 3.63) is 33.7 Å². The third kappa shape index (κ3) is 1.78. The number of hydrogen-bond donors (Lipinski definition) is 1. The molecular formula is C13H13N3O3S. The molecule has 1 N–H and O–H groups in total. The van der Waals surface area contributed by atoms with Crippen molar-refractivity contribution in [3.63, 3.8) is 0 Å². The Bertz CT molecular complexity index is 867. The Balaban J connectivity index is 2.52. The van der Waals surface area contributed by atoms with Crippen molar-refractivity contribution in [2.75, 3.05) is 0 Å². The zero-order chi connectivity index (χ0) is 14.5. The second-order valence-electron chi connectivity index (χ2n) is 5.08. The number of carbonyl (C=O) groups is 1. The topological polar surface area (TPSA) is 76.6 Å². The van der Waals surface area contributed by atoms with Crippen molar-refractivity contribution in [2.24, 2.45) is 0 Å². The van der Waals surface area contributed by atoms with E-state index in [2.05, 4.69) is 5.10 Å². The van der Waals surface area contributed by atoms with E-state index in [9.17, 15) is 14.7 Å². The van der Waals surface area contributed by atoms with Crippen molar-refractivity contribution in [1.29, 1.82) is 0 Å². The number of aromatic nitrogens is 3. The predicted octanol–water partition coefficient (Wildman–Crippen LogP) is 1.14. The number of hydrogen-bond acceptors (Lipinski definition) is 5. The molecule has 0 amide bonds. The van der Waals surface area contributed by atoms with Crippen LogP contribution in [0.5, 0.6) is 0 Å². The molecule has 0 spiro atoms. The maximum Gasteiger partial charge on any atom is 0.291 e. The highest BCUT2D eigenvalue weighted by Gasteiger charge is 2.25. The van der Waals surface area contributed by atoms with Crippen molar-refractivity contribution >= 4 is 33.4 Å². The van der Waals surface area contributed by atoms with Gasteiger partial charge in [0.15, 0.2) is 5.82 Å². The summed E-state index contributed by atoms with van der Waals surface area (Å²) in [5, 5.41) is 17.3. The zero-order valence-corrected chi connectivity index (χ0v) is 11.8. The van der Waals surface area contributed by atoms with Gasteiger partial charge in [-0.1, -0.05) is 0 Å². The quantitative estimate of drug-likeness (QED) is 0.734. The van der Waals surface area contributed by atoms with Crippen molar-refractivity contribution in [3.8, 4) is 0 Å². The minimum Gasteiger partial charge on any atom is -0.382 e. The molecule has 0 saturated carbocycles. The molecule has 20 heavy (non-hydrogen) atoms. The Hall–Kier alpha value is -1.99. The molecule has 0 aliphatic rings. The minimum absolute atomic E-state index is 0.128. The van der Waals surface area contributed by atoms with Gasteiger partial charge in [-0.15, -0.1) is 11.3 Å². The van der Waals surface area contributed by atoms with Gasteiger partial charge < -0.3 is 9.90 Å². The van der Waals surface area contributed by atoms with Crippen molar-refractivity contribution in [1.82, 2.24) is 14.2 Å². The summed E-state index contributed by atoms with van der Waals surface area (Å²) in [7, 11) is 0. The van der Waals surface area contributed by atoms with Crippen LogP contribution in [0.1, 0.15) is 19.7 Å². The average molecular weight is 291 g/mol. The van der Waals surface area contributed by atoms with E-state index < -0.39 is 5.60 Å². The fourth-order valence-corrected chi connectivity index (χ4v) is 3.12. The van der Waals surface area contributed by atoms with Crippen LogP contribution in [0, 0.1) is 0 Å². The first-order valence-electron chi connectivity index (χ1n) is 6.10. The van der Waals surface area contributed by atoms with Gasteiger partial charge in [-0.25, -0.2) is 4.68 Å². The van der Waals surface area contributed by atoms with E-state index in [1.165, 1.54) is 11.3 Å². The van der Waals surface area contributed by atoms with Crippen LogP contribution in [0.2, 0.25) is 0 Å². The number of thiophene rings is 1. The highest BCUT2D eigenvalue weighted by atomic mass is 32.1. The van der Waals surface area contributed by atoms with Crippen LogP contribution in [-0.4, -0.2) is 25.6 Å². The third-order valence-corrected chi connectivity index (χ3v) is 4.00. The SMILES string of the molecule is CC(C)(O)c1nn(CC=O)c(=O)c2cc3ccsc3n12. The van der Waals surface area contributed by atoms with Gasteiger partial charge in [-0.3, -0.25) is 9.20 Å². The fraction of sp³-hybridized carbons (Fsp3) is 0.308. The van der Waals surface area contributed by atoms with Gasteiger partial charge in [0.05, 0.1) is 0 Å². The molecule has 3 aromatic heterocycles. The molecule has 0 atom stereocenters. The molecule has 0 radical (unpaired) electrons. The van der Waals surface area contributed by atoms with Gasteiger partial charge in [0, 0.05) is 5.39 Å². The fourth-order valence-electron chi connectivity index (χ4n) is 2.22. The molecule has 0 unspecified atom stereocenters. The lowest BCUT2D eigenvalue weighted by Gasteiger charge is -2.19. The molecule has 0 fully saturated rings. The summed E-state index contributed by atoms with van der Waals surface area (Å²) >= 11 is 1.48. The van der Waals surface area contributed by atoms with E-state index in [4.69, 9.17) is 0 Å². The van der Waals surface area contributed by atoms with Crippen LogP contribution in [0.15, 0.2) is 22.3 Å². The molecule has 3 aromatic rings. The Labute approximate surface area is 117 Å². The summed E-state index contributed by atoms with van der Waals surface area (Å²) in [5.74, 6) is 0.339. The van der Waals surface area contributed by atoms with Crippen molar-refractivity contribution < 1.29 is 9.90 Å². The normalized spacial score (nSPS) is 12.3. The number of carbonyl (C=O) groups excluding carboxylic acids is 1. The monoisotopic (exact) mass is 291 g/mol. The lowest BCUT2D eigenvalue weighted by Crippen LogP contribution is -2.32. The molecule has 0 aromatic carbocycles. The predicted molar refractivity (Wildman–Crippen MR) is 76.1 cm³/mol. The first-order valence-corrected chi connectivity index (χ1v) is 6.97. The largest absolute Gasteiger partial charge is 0.382 e. The lowest BCUT2D eigenvalue weighted by atomic mass is 10.1. The van der Waals surface area contributed by atoms with Gasteiger partial charge >= 0.3 is 0 Å². The van der Waals surface area contributed by atoms with Crippen molar-refractivity contribution in [2.45, 2.75) is 26.0 Å². The van der Waals surface area contributed by atoms with Crippen LogP contribution in [0.25, 0.3) is 15.7 Å². The average Bonchev–Trinajstić information content (AvgIpc) is 2.92. The molecule has 7 heteroatoms. The first-order chi connectivity index (χ1) is 9.43. The van der Waals surface area contributed by atoms with E-state index in [-0.39, 0.29) is 12.1 Å². The van der Waals surface area contributed by atoms with Crippen LogP contribution >= 0.6 is 11.3 Å². The molecule has 3 heterocycles. The van der Waals surface area contributed by atoms with Gasteiger partial charge in [-0.05, 0) is 31.4 Å². The second-order valence-corrected chi connectivity index (χ2v) is 5.98. The summed E-state index contributed by atoms with van der Waals surface area (Å²) in [6.45, 7) is 3.07. The zero-order valence-electron chi connectivity index (χ0n) is 11.0. The summed E-state index contributed by atoms with van der Waals surface area (Å²) in [6.07, 6.45) is 0.615. The van der Waals surface area contributed by atoms with Crippen LogP contribution in [-0.2, 0) is 16.9 Å². The summed E-state index contributed by atoms with van der Waals surface area (Å²) in [6, 6.07) is 3.66. The molecule has 6 nitrogen and oxygen atoms in total. The standard InChI is InChI=1S/C13H13N3O3S/c1-13(2,19)12-14-15(4-5-17)10(18)9-7-8-3-6-20-11(8)16(9)12/h3,5-7,19H,4H2,1-2H3. The summed E-state index contributed by atoms with van der Waals surface area (Å²) < 4.78 is 2.75. The Kier molecular flexibility index (Phi) is 2.77. The van der Waals surface area contributed by atoms with Gasteiger partial charge in [0.1, 0.15) is 28.8 Å². The van der Waals surface area contributed by atoms with Crippen LogP contribution < -0.4 is 5.56 Å². The highest BCUT2D eigenvalue weighted by molar-refractivity contribution is 7.16.